The van der Waals surface area contributed by atoms with Crippen molar-refractivity contribution in [2.45, 2.75) is 5.33 Å². The molecule has 0 amide bonds. The Morgan fingerprint density at radius 2 is 2.20 bits per heavy atom. The maximum atomic E-state index is 5.24. The molecule has 0 spiro atoms. The molecular weight excluding hydrogens is 258 g/mol. The van der Waals surface area contributed by atoms with Crippen LogP contribution in [-0.4, -0.2) is 12.3 Å². The van der Waals surface area contributed by atoms with Crippen molar-refractivity contribution < 1.29 is 9.26 Å². The van der Waals surface area contributed by atoms with E-state index in [4.69, 9.17) is 9.26 Å². The Morgan fingerprint density at radius 3 is 2.87 bits per heavy atom. The van der Waals surface area contributed by atoms with Crippen LogP contribution in [0.1, 0.15) is 5.69 Å². The smallest absolute Gasteiger partial charge is 0.170 e. The lowest BCUT2D eigenvalue weighted by Crippen LogP contribution is -1.85. The molecule has 1 heterocycles. The van der Waals surface area contributed by atoms with Gasteiger partial charge in [-0.05, 0) is 12.1 Å². The molecule has 0 radical (unpaired) electrons. The van der Waals surface area contributed by atoms with Crippen molar-refractivity contribution in [3.63, 3.8) is 0 Å². The van der Waals surface area contributed by atoms with Crippen molar-refractivity contribution in [3.8, 4) is 17.1 Å². The predicted octanol–water partition coefficient (Wildman–Crippen LogP) is 3.25. The Morgan fingerprint density at radius 1 is 1.40 bits per heavy atom. The van der Waals surface area contributed by atoms with E-state index < -0.39 is 0 Å². The highest BCUT2D eigenvalue weighted by molar-refractivity contribution is 9.08. The molecule has 1 aromatic heterocycles. The molecule has 2 aromatic rings. The van der Waals surface area contributed by atoms with Crippen LogP contribution >= 0.6 is 15.9 Å². The van der Waals surface area contributed by atoms with Crippen LogP contribution in [0.15, 0.2) is 34.9 Å². The minimum atomic E-state index is 0.686. The fraction of sp³-hybridized carbons (Fsp3) is 0.182. The molecule has 0 unspecified atom stereocenters. The number of nitrogens with zero attached hydrogens (tertiary/aromatic N) is 1. The summed E-state index contributed by atoms with van der Waals surface area (Å²) in [6.07, 6.45) is 0. The van der Waals surface area contributed by atoms with Gasteiger partial charge in [-0.15, -0.1) is 0 Å². The Kier molecular flexibility index (Phi) is 3.06. The van der Waals surface area contributed by atoms with Gasteiger partial charge in [-0.25, -0.2) is 0 Å². The van der Waals surface area contributed by atoms with Gasteiger partial charge in [-0.1, -0.05) is 33.2 Å². The third-order valence-corrected chi connectivity index (χ3v) is 2.64. The largest absolute Gasteiger partial charge is 0.496 e. The molecule has 0 N–H and O–H groups in total. The standard InChI is InChI=1S/C11H10BrNO2/c1-14-10-5-3-2-4-9(10)11-6-8(7-12)13-15-11/h2-6H,7H2,1H3. The zero-order chi connectivity index (χ0) is 10.7. The monoisotopic (exact) mass is 267 g/mol. The van der Waals surface area contributed by atoms with Gasteiger partial charge in [0.2, 0.25) is 0 Å². The molecule has 2 rings (SSSR count). The van der Waals surface area contributed by atoms with Gasteiger partial charge in [0.1, 0.15) is 5.75 Å². The van der Waals surface area contributed by atoms with Crippen molar-refractivity contribution >= 4 is 15.9 Å². The Bertz CT molecular complexity index is 453. The summed E-state index contributed by atoms with van der Waals surface area (Å²) in [5.74, 6) is 1.51. The minimum Gasteiger partial charge on any atom is -0.496 e. The first-order valence-electron chi connectivity index (χ1n) is 4.50. The fourth-order valence-electron chi connectivity index (χ4n) is 1.35. The lowest BCUT2D eigenvalue weighted by Gasteiger charge is -2.03. The number of aromatic nitrogens is 1. The molecule has 3 nitrogen and oxygen atoms in total. The van der Waals surface area contributed by atoms with Crippen LogP contribution in [0.4, 0.5) is 0 Å². The quantitative estimate of drug-likeness (QED) is 0.801. The second kappa shape index (κ2) is 4.49. The summed E-state index contributed by atoms with van der Waals surface area (Å²) in [4.78, 5) is 0. The number of alkyl halides is 1. The summed E-state index contributed by atoms with van der Waals surface area (Å²) in [6, 6.07) is 9.59. The first-order valence-corrected chi connectivity index (χ1v) is 5.62. The zero-order valence-electron chi connectivity index (χ0n) is 8.24. The van der Waals surface area contributed by atoms with Crippen molar-refractivity contribution in [3.05, 3.63) is 36.0 Å². The first kappa shape index (κ1) is 10.2. The van der Waals surface area contributed by atoms with E-state index in [-0.39, 0.29) is 0 Å². The van der Waals surface area contributed by atoms with Crippen LogP contribution in [-0.2, 0) is 5.33 Å². The van der Waals surface area contributed by atoms with Crippen molar-refractivity contribution in [2.24, 2.45) is 0 Å². The summed E-state index contributed by atoms with van der Waals surface area (Å²) in [5, 5.41) is 4.60. The highest BCUT2D eigenvalue weighted by Crippen LogP contribution is 2.30. The molecular formula is C11H10BrNO2. The highest BCUT2D eigenvalue weighted by Gasteiger charge is 2.10. The van der Waals surface area contributed by atoms with Crippen LogP contribution in [0.3, 0.4) is 0 Å². The van der Waals surface area contributed by atoms with Crippen LogP contribution in [0, 0.1) is 0 Å². The average molecular weight is 268 g/mol. The lowest BCUT2D eigenvalue weighted by molar-refractivity contribution is 0.404. The molecule has 78 valence electrons. The first-order chi connectivity index (χ1) is 7.35. The van der Waals surface area contributed by atoms with E-state index in [2.05, 4.69) is 21.1 Å². The molecule has 0 fully saturated rings. The molecule has 0 saturated heterocycles. The maximum Gasteiger partial charge on any atom is 0.170 e. The average Bonchev–Trinajstić information content (AvgIpc) is 2.77. The predicted molar refractivity (Wildman–Crippen MR) is 61.1 cm³/mol. The van der Waals surface area contributed by atoms with E-state index in [0.717, 1.165) is 22.8 Å². The van der Waals surface area contributed by atoms with E-state index in [1.54, 1.807) is 7.11 Å². The lowest BCUT2D eigenvalue weighted by atomic mass is 10.1. The van der Waals surface area contributed by atoms with Crippen molar-refractivity contribution in [2.75, 3.05) is 7.11 Å². The zero-order valence-corrected chi connectivity index (χ0v) is 9.82. The number of hydrogen-bond acceptors (Lipinski definition) is 3. The minimum absolute atomic E-state index is 0.686. The highest BCUT2D eigenvalue weighted by atomic mass is 79.9. The molecule has 1 aromatic carbocycles. The maximum absolute atomic E-state index is 5.24. The molecule has 0 atom stereocenters. The molecule has 0 aliphatic carbocycles. The number of methoxy groups -OCH3 is 1. The Hall–Kier alpha value is -1.29. The molecule has 0 aliphatic rings. The molecule has 0 saturated carbocycles. The second-order valence-corrected chi connectivity index (χ2v) is 3.58. The third-order valence-electron chi connectivity index (χ3n) is 2.07. The van der Waals surface area contributed by atoms with Crippen molar-refractivity contribution in [1.82, 2.24) is 5.16 Å². The molecule has 15 heavy (non-hydrogen) atoms. The number of benzene rings is 1. The van der Waals surface area contributed by atoms with Crippen LogP contribution in [0.25, 0.3) is 11.3 Å². The molecule has 0 bridgehead atoms. The Balaban J connectivity index is 2.44. The van der Waals surface area contributed by atoms with Gasteiger partial charge < -0.3 is 9.26 Å². The number of hydrogen-bond donors (Lipinski definition) is 0. The third kappa shape index (κ3) is 2.04. The van der Waals surface area contributed by atoms with E-state index in [1.807, 2.05) is 30.3 Å². The molecule has 0 aliphatic heterocycles. The van der Waals surface area contributed by atoms with Crippen LogP contribution in [0.5, 0.6) is 5.75 Å². The van der Waals surface area contributed by atoms with Crippen molar-refractivity contribution in [1.29, 1.82) is 0 Å². The van der Waals surface area contributed by atoms with E-state index in [1.165, 1.54) is 0 Å². The summed E-state index contributed by atoms with van der Waals surface area (Å²) >= 11 is 3.33. The normalized spacial score (nSPS) is 10.3. The summed E-state index contributed by atoms with van der Waals surface area (Å²) in [7, 11) is 1.64. The van der Waals surface area contributed by atoms with E-state index in [0.29, 0.717) is 5.33 Å². The van der Waals surface area contributed by atoms with Crippen LogP contribution < -0.4 is 4.74 Å². The summed E-state index contributed by atoms with van der Waals surface area (Å²) in [6.45, 7) is 0. The van der Waals surface area contributed by atoms with Gasteiger partial charge in [-0.2, -0.15) is 0 Å². The molecule has 4 heteroatoms. The van der Waals surface area contributed by atoms with Gasteiger partial charge in [0.05, 0.1) is 18.4 Å². The van der Waals surface area contributed by atoms with Crippen LogP contribution in [0.2, 0.25) is 0 Å². The summed E-state index contributed by atoms with van der Waals surface area (Å²) in [5.41, 5.74) is 1.79. The fourth-order valence-corrected chi connectivity index (χ4v) is 1.61. The van der Waals surface area contributed by atoms with Gasteiger partial charge in [0.25, 0.3) is 0 Å². The number of ether oxygens (including phenoxy) is 1. The topological polar surface area (TPSA) is 35.3 Å². The SMILES string of the molecule is COc1ccccc1-c1cc(CBr)no1. The van der Waals surface area contributed by atoms with E-state index >= 15 is 0 Å². The summed E-state index contributed by atoms with van der Waals surface area (Å²) < 4.78 is 10.5. The van der Waals surface area contributed by atoms with Gasteiger partial charge in [-0.3, -0.25) is 0 Å². The van der Waals surface area contributed by atoms with E-state index in [9.17, 15) is 0 Å². The van der Waals surface area contributed by atoms with Gasteiger partial charge in [0, 0.05) is 11.4 Å². The van der Waals surface area contributed by atoms with Gasteiger partial charge in [0.15, 0.2) is 5.76 Å². The number of rotatable bonds is 3. The number of halogens is 1. The second-order valence-electron chi connectivity index (χ2n) is 3.02. The van der Waals surface area contributed by atoms with Gasteiger partial charge >= 0.3 is 0 Å². The Labute approximate surface area is 96.2 Å². The number of para-hydroxylation sites is 1.